The molecule has 0 rings (SSSR count). The molecule has 0 spiro atoms. The van der Waals surface area contributed by atoms with Crippen molar-refractivity contribution >= 4 is 0 Å². The maximum Gasteiger partial charge on any atom is 0.291 e. The predicted molar refractivity (Wildman–Crippen MR) is 16.2 cm³/mol. The third-order valence-corrected chi connectivity index (χ3v) is 0. The summed E-state index contributed by atoms with van der Waals surface area (Å²) in [5, 5.41) is 13.6. The fraction of sp³-hybridized carbons (Fsp3) is 0. The first kappa shape index (κ1) is 8.94. The van der Waals surface area contributed by atoms with Gasteiger partial charge in [-0.1, -0.05) is 0 Å². The van der Waals surface area contributed by atoms with Crippen LogP contribution in [0.4, 0.5) is 0 Å². The molecule has 6 heavy (non-hydrogen) atoms. The summed E-state index contributed by atoms with van der Waals surface area (Å²) in [6, 6.07) is 0. The quantitative estimate of drug-likeness (QED) is 0.300. The summed E-state index contributed by atoms with van der Waals surface area (Å²) in [5.74, 6) is 0. The Kier molecular flexibility index (Phi) is 13.3. The minimum absolute atomic E-state index is 1.50. The molecule has 5 nitrogen and oxygen atoms in total. The van der Waals surface area contributed by atoms with E-state index in [1.54, 1.807) is 0 Å². The average molecular weight is 91.0 g/mol. The number of nitrogens with zero attached hydrogens (tertiary/aromatic N) is 1. The molecule has 0 unspecified atom stereocenters. The highest BCUT2D eigenvalue weighted by atomic mass is 16.9. The van der Waals surface area contributed by atoms with Crippen LogP contribution in [0.1, 0.15) is 0 Å². The Morgan fingerprint density at radius 2 is 1.83 bits per heavy atom. The zero-order chi connectivity index (χ0) is 5.58. The smallest absolute Gasteiger partial charge is 0.291 e. The summed E-state index contributed by atoms with van der Waals surface area (Å²) >= 11 is 0. The van der Waals surface area contributed by atoms with Crippen molar-refractivity contribution in [3.05, 3.63) is 17.2 Å². The molecule has 5 heteroatoms. The summed E-state index contributed by atoms with van der Waals surface area (Å²) in [4.78, 5) is 8.36. The van der Waals surface area contributed by atoms with Gasteiger partial charge in [0.05, 0.1) is 7.05 Å². The van der Waals surface area contributed by atoms with E-state index in [4.69, 9.17) is 22.4 Å². The van der Waals surface area contributed by atoms with E-state index >= 15 is 0 Å². The number of nitrogens with two attached hydrogens (primary N) is 1. The molecule has 0 bridgehead atoms. The van der Waals surface area contributed by atoms with Gasteiger partial charge in [0.2, 0.25) is 0 Å². The van der Waals surface area contributed by atoms with E-state index in [1.807, 2.05) is 0 Å². The molecule has 0 saturated carbocycles. The minimum Gasteiger partial charge on any atom is -0.328 e. The minimum atomic E-state index is -1.50. The second kappa shape index (κ2) is 8.90. The molecule has 0 aliphatic heterocycles. The third-order valence-electron chi connectivity index (χ3n) is 0. The molecule has 0 fully saturated rings. The van der Waals surface area contributed by atoms with Crippen LogP contribution in [0.2, 0.25) is 0 Å². The van der Waals surface area contributed by atoms with Crippen molar-refractivity contribution in [2.24, 2.45) is 5.73 Å². The van der Waals surface area contributed by atoms with E-state index in [0.29, 0.717) is 0 Å². The second-order valence-electron chi connectivity index (χ2n) is 0.238. The van der Waals surface area contributed by atoms with E-state index in [0.717, 1.165) is 0 Å². The lowest BCUT2D eigenvalue weighted by molar-refractivity contribution is -0.742. The number of hydrogen-bond donors (Lipinski definition) is 2. The fourth-order valence-electron chi connectivity index (χ4n) is 0. The second-order valence-corrected chi connectivity index (χ2v) is 0.238. The summed E-state index contributed by atoms with van der Waals surface area (Å²) in [6.45, 7) is 0. The van der Waals surface area contributed by atoms with Gasteiger partial charge in [0.25, 0.3) is 5.09 Å². The molecule has 0 aliphatic rings. The first-order valence-electron chi connectivity index (χ1n) is 0.854. The standard InChI is InChI=1S/CH2N.HNO3/c1-2;2-1(3)4/h2H2;(H,2,3,4). The predicted octanol–water partition coefficient (Wildman–Crippen LogP) is -0.857. The molecule has 35 valence electrons. The molecule has 0 heterocycles. The van der Waals surface area contributed by atoms with Gasteiger partial charge in [0.1, 0.15) is 0 Å². The van der Waals surface area contributed by atoms with Crippen molar-refractivity contribution in [3.8, 4) is 0 Å². The van der Waals surface area contributed by atoms with E-state index < -0.39 is 5.09 Å². The number of hydrogen-bond acceptors (Lipinski definition) is 3. The van der Waals surface area contributed by atoms with E-state index in [9.17, 15) is 0 Å². The average Bonchev–Trinajstić information content (AvgIpc) is 1.41. The largest absolute Gasteiger partial charge is 0.328 e. The highest BCUT2D eigenvalue weighted by Crippen LogP contribution is 1.38. The maximum atomic E-state index is 8.36. The van der Waals surface area contributed by atoms with Crippen LogP contribution in [0.5, 0.6) is 0 Å². The van der Waals surface area contributed by atoms with Gasteiger partial charge in [-0.05, 0) is 0 Å². The van der Waals surface area contributed by atoms with Crippen LogP contribution in [-0.4, -0.2) is 10.3 Å². The molecule has 0 amide bonds. The molecule has 0 aromatic carbocycles. The Morgan fingerprint density at radius 1 is 1.83 bits per heavy atom. The van der Waals surface area contributed by atoms with Crippen molar-refractivity contribution in [1.82, 2.24) is 0 Å². The fourth-order valence-corrected chi connectivity index (χ4v) is 0. The van der Waals surface area contributed by atoms with Gasteiger partial charge >= 0.3 is 0 Å². The summed E-state index contributed by atoms with van der Waals surface area (Å²) in [7, 11) is 5.25. The topological polar surface area (TPSA) is 89.4 Å². The Morgan fingerprint density at radius 3 is 1.83 bits per heavy atom. The lowest BCUT2D eigenvalue weighted by Crippen LogP contribution is -1.81. The highest BCUT2D eigenvalue weighted by Gasteiger charge is 1.65. The molecule has 0 saturated heterocycles. The van der Waals surface area contributed by atoms with Crippen molar-refractivity contribution in [2.45, 2.75) is 0 Å². The van der Waals surface area contributed by atoms with Gasteiger partial charge in [0.15, 0.2) is 0 Å². The Hall–Kier alpha value is -0.840. The van der Waals surface area contributed by atoms with Crippen LogP contribution in [0.3, 0.4) is 0 Å². The van der Waals surface area contributed by atoms with Crippen LogP contribution in [0.25, 0.3) is 0 Å². The first-order chi connectivity index (χ1) is 2.73. The molecule has 0 aromatic rings. The van der Waals surface area contributed by atoms with E-state index in [-0.39, 0.29) is 0 Å². The summed E-state index contributed by atoms with van der Waals surface area (Å²) in [5.41, 5.74) is 3.75. The molecular formula is CH3N2O3. The molecule has 3 radical (unpaired) electrons. The van der Waals surface area contributed by atoms with Gasteiger partial charge in [-0.2, -0.15) is 0 Å². The van der Waals surface area contributed by atoms with Crippen molar-refractivity contribution in [2.75, 3.05) is 0 Å². The lowest BCUT2D eigenvalue weighted by Gasteiger charge is -1.56. The Bertz CT molecular complexity index is 31.8. The van der Waals surface area contributed by atoms with Crippen LogP contribution in [0.15, 0.2) is 0 Å². The Balaban J connectivity index is 0. The normalized spacial score (nSPS) is 5.00. The SMILES string of the molecule is O=[N+]([O-])O.[C]N. The van der Waals surface area contributed by atoms with Gasteiger partial charge in [-0.15, -0.1) is 10.1 Å². The third kappa shape index (κ3) is 20.9. The molecular weight excluding hydrogens is 88.0 g/mol. The molecule has 0 aromatic heterocycles. The Labute approximate surface area is 34.5 Å². The molecule has 3 N–H and O–H groups in total. The van der Waals surface area contributed by atoms with Crippen molar-refractivity contribution in [1.29, 1.82) is 0 Å². The van der Waals surface area contributed by atoms with Crippen LogP contribution >= 0.6 is 0 Å². The van der Waals surface area contributed by atoms with Gasteiger partial charge in [-0.25, -0.2) is 0 Å². The van der Waals surface area contributed by atoms with E-state index in [1.165, 1.54) is 0 Å². The van der Waals surface area contributed by atoms with Crippen LogP contribution in [-0.2, 0) is 0 Å². The lowest BCUT2D eigenvalue weighted by atomic mass is 11.6. The molecule has 0 aliphatic carbocycles. The van der Waals surface area contributed by atoms with Crippen LogP contribution < -0.4 is 5.73 Å². The van der Waals surface area contributed by atoms with Crippen LogP contribution in [0, 0.1) is 17.2 Å². The summed E-state index contributed by atoms with van der Waals surface area (Å²) < 4.78 is 0. The number of rotatable bonds is 0. The van der Waals surface area contributed by atoms with Gasteiger partial charge in [0, 0.05) is 0 Å². The van der Waals surface area contributed by atoms with Crippen molar-refractivity contribution < 1.29 is 10.3 Å². The molecule has 0 atom stereocenters. The van der Waals surface area contributed by atoms with E-state index in [2.05, 4.69) is 5.73 Å². The highest BCUT2D eigenvalue weighted by molar-refractivity contribution is 3.87. The zero-order valence-corrected chi connectivity index (χ0v) is 2.79. The zero-order valence-electron chi connectivity index (χ0n) is 2.79. The first-order valence-corrected chi connectivity index (χ1v) is 0.854. The summed E-state index contributed by atoms with van der Waals surface area (Å²) in [6.07, 6.45) is 0. The monoisotopic (exact) mass is 91.0 g/mol. The maximum absolute atomic E-state index is 8.36. The van der Waals surface area contributed by atoms with Gasteiger partial charge < -0.3 is 10.9 Å². The van der Waals surface area contributed by atoms with Gasteiger partial charge in [-0.3, -0.25) is 0 Å². The van der Waals surface area contributed by atoms with Crippen molar-refractivity contribution in [3.63, 3.8) is 0 Å².